The Labute approximate surface area is 161 Å². The molecule has 0 fully saturated rings. The van der Waals surface area contributed by atoms with Crippen molar-refractivity contribution in [2.75, 3.05) is 18.5 Å². The zero-order valence-electron chi connectivity index (χ0n) is 14.3. The van der Waals surface area contributed by atoms with Gasteiger partial charge in [-0.25, -0.2) is 12.8 Å². The van der Waals surface area contributed by atoms with Gasteiger partial charge in [-0.05, 0) is 30.3 Å². The predicted octanol–water partition coefficient (Wildman–Crippen LogP) is 2.80. The van der Waals surface area contributed by atoms with E-state index in [0.717, 1.165) is 18.2 Å². The lowest BCUT2D eigenvalue weighted by Gasteiger charge is -2.06. The van der Waals surface area contributed by atoms with Gasteiger partial charge in [0.05, 0.1) is 16.5 Å². The lowest BCUT2D eigenvalue weighted by atomic mass is 10.3. The molecule has 2 N–H and O–H groups in total. The molecule has 0 unspecified atom stereocenters. The van der Waals surface area contributed by atoms with Crippen LogP contribution in [-0.4, -0.2) is 27.5 Å². The maximum Gasteiger partial charge on any atom is 0.241 e. The molecule has 9 heteroatoms. The fourth-order valence-electron chi connectivity index (χ4n) is 1.96. The summed E-state index contributed by atoms with van der Waals surface area (Å²) in [6, 6.07) is 9.90. The molecule has 0 atom stereocenters. The Kier molecular flexibility index (Phi) is 7.19. The van der Waals surface area contributed by atoms with Gasteiger partial charge in [0.1, 0.15) is 18.2 Å². The van der Waals surface area contributed by atoms with Crippen LogP contribution in [0, 0.1) is 17.7 Å². The first-order valence-corrected chi connectivity index (χ1v) is 9.55. The topological polar surface area (TPSA) is 84.5 Å². The Morgan fingerprint density at radius 3 is 2.70 bits per heavy atom. The van der Waals surface area contributed by atoms with E-state index in [1.807, 2.05) is 0 Å². The van der Waals surface area contributed by atoms with Gasteiger partial charge in [-0.1, -0.05) is 29.5 Å². The molecule has 6 nitrogen and oxygen atoms in total. The van der Waals surface area contributed by atoms with E-state index in [4.69, 9.17) is 16.3 Å². The van der Waals surface area contributed by atoms with Crippen molar-refractivity contribution in [3.05, 3.63) is 53.3 Å². The van der Waals surface area contributed by atoms with Crippen molar-refractivity contribution < 1.29 is 22.3 Å². The molecule has 0 aliphatic carbocycles. The van der Waals surface area contributed by atoms with Gasteiger partial charge >= 0.3 is 0 Å². The van der Waals surface area contributed by atoms with E-state index >= 15 is 0 Å². The molecule has 0 radical (unpaired) electrons. The molecule has 2 aromatic rings. The molecule has 2 rings (SSSR count). The summed E-state index contributed by atoms with van der Waals surface area (Å²) in [5, 5.41) is 2.35. The largest absolute Gasteiger partial charge is 0.481 e. The summed E-state index contributed by atoms with van der Waals surface area (Å²) in [4.78, 5) is 10.9. The average Bonchev–Trinajstić information content (AvgIpc) is 2.60. The van der Waals surface area contributed by atoms with Crippen LogP contribution in [0.2, 0.25) is 5.02 Å². The van der Waals surface area contributed by atoms with Crippen LogP contribution in [0.5, 0.6) is 5.75 Å². The lowest BCUT2D eigenvalue weighted by Crippen LogP contribution is -2.24. The number of anilines is 1. The second-order valence-electron chi connectivity index (χ2n) is 5.25. The summed E-state index contributed by atoms with van der Waals surface area (Å²) < 4.78 is 44.9. The van der Waals surface area contributed by atoms with Gasteiger partial charge in [-0.3, -0.25) is 4.79 Å². The number of ether oxygens (including phenoxy) is 1. The minimum absolute atomic E-state index is 0.0353. The van der Waals surface area contributed by atoms with Crippen molar-refractivity contribution in [3.63, 3.8) is 0 Å². The molecule has 0 saturated carbocycles. The number of rotatable bonds is 6. The molecule has 0 saturated heterocycles. The Morgan fingerprint density at radius 2 is 2.00 bits per heavy atom. The van der Waals surface area contributed by atoms with Crippen molar-refractivity contribution >= 4 is 33.2 Å². The number of hydrogen-bond donors (Lipinski definition) is 2. The molecule has 0 aliphatic heterocycles. The number of amides is 1. The number of benzene rings is 2. The van der Waals surface area contributed by atoms with Crippen LogP contribution in [0.3, 0.4) is 0 Å². The number of halogens is 2. The molecule has 0 aliphatic rings. The molecule has 0 aromatic heterocycles. The van der Waals surface area contributed by atoms with Crippen LogP contribution in [-0.2, 0) is 14.8 Å². The third-order valence-electron chi connectivity index (χ3n) is 3.14. The fourth-order valence-corrected chi connectivity index (χ4v) is 3.15. The van der Waals surface area contributed by atoms with Crippen LogP contribution in [0.4, 0.5) is 10.1 Å². The van der Waals surface area contributed by atoms with Crippen molar-refractivity contribution in [2.24, 2.45) is 0 Å². The standard InChI is InChI=1S/C18H16ClFN2O4S/c1-13(23)22-14-5-4-6-15(11-14)26-10-3-2-9-21-27(24,25)16-7-8-18(20)17(19)12-16/h4-8,11-12,21H,9-10H2,1H3,(H,22,23). The molecule has 1 amide bonds. The maximum atomic E-state index is 13.1. The number of carbonyl (C=O) groups is 1. The van der Waals surface area contributed by atoms with E-state index in [1.54, 1.807) is 24.3 Å². The molecule has 27 heavy (non-hydrogen) atoms. The van der Waals surface area contributed by atoms with E-state index in [1.165, 1.54) is 6.92 Å². The highest BCUT2D eigenvalue weighted by Gasteiger charge is 2.14. The minimum Gasteiger partial charge on any atom is -0.481 e. The Bertz CT molecular complexity index is 1000. The summed E-state index contributed by atoms with van der Waals surface area (Å²) in [6.07, 6.45) is 0. The van der Waals surface area contributed by atoms with Gasteiger partial charge in [-0.15, -0.1) is 0 Å². The molecule has 142 valence electrons. The predicted molar refractivity (Wildman–Crippen MR) is 101 cm³/mol. The molecule has 0 heterocycles. The van der Waals surface area contributed by atoms with Crippen LogP contribution >= 0.6 is 11.6 Å². The summed E-state index contributed by atoms with van der Waals surface area (Å²) in [5.74, 6) is 4.90. The first-order chi connectivity index (χ1) is 12.8. The molecule has 2 aromatic carbocycles. The Hall–Kier alpha value is -2.60. The van der Waals surface area contributed by atoms with E-state index in [0.29, 0.717) is 11.4 Å². The van der Waals surface area contributed by atoms with Gasteiger partial charge in [0.15, 0.2) is 0 Å². The summed E-state index contributed by atoms with van der Waals surface area (Å²) in [5.41, 5.74) is 0.596. The van der Waals surface area contributed by atoms with Gasteiger partial charge < -0.3 is 10.1 Å². The first-order valence-electron chi connectivity index (χ1n) is 7.69. The highest BCUT2D eigenvalue weighted by atomic mass is 35.5. The van der Waals surface area contributed by atoms with Gasteiger partial charge in [-0.2, -0.15) is 4.72 Å². The van der Waals surface area contributed by atoms with Crippen molar-refractivity contribution in [1.29, 1.82) is 0 Å². The van der Waals surface area contributed by atoms with E-state index < -0.39 is 15.8 Å². The zero-order valence-corrected chi connectivity index (χ0v) is 15.8. The highest BCUT2D eigenvalue weighted by Crippen LogP contribution is 2.19. The second kappa shape index (κ2) is 9.37. The third-order valence-corrected chi connectivity index (χ3v) is 4.83. The third kappa shape index (κ3) is 6.57. The van der Waals surface area contributed by atoms with E-state index in [2.05, 4.69) is 21.9 Å². The van der Waals surface area contributed by atoms with Crippen LogP contribution in [0.15, 0.2) is 47.4 Å². The molecule has 0 bridgehead atoms. The smallest absolute Gasteiger partial charge is 0.241 e. The first kappa shape index (κ1) is 20.7. The summed E-state index contributed by atoms with van der Waals surface area (Å²) in [6.45, 7) is 1.29. The average molecular weight is 411 g/mol. The number of hydrogen-bond acceptors (Lipinski definition) is 4. The second-order valence-corrected chi connectivity index (χ2v) is 7.43. The minimum atomic E-state index is -3.84. The zero-order chi connectivity index (χ0) is 19.9. The van der Waals surface area contributed by atoms with Crippen LogP contribution in [0.25, 0.3) is 0 Å². The quantitative estimate of drug-likeness (QED) is 0.717. The summed E-state index contributed by atoms with van der Waals surface area (Å²) >= 11 is 5.58. The number of sulfonamides is 1. The Morgan fingerprint density at radius 1 is 1.22 bits per heavy atom. The molecule has 0 spiro atoms. The molecular formula is C18H16ClFN2O4S. The number of carbonyl (C=O) groups excluding carboxylic acids is 1. The number of nitrogens with one attached hydrogen (secondary N) is 2. The highest BCUT2D eigenvalue weighted by molar-refractivity contribution is 7.89. The lowest BCUT2D eigenvalue weighted by molar-refractivity contribution is -0.114. The van der Waals surface area contributed by atoms with Crippen LogP contribution in [0.1, 0.15) is 6.92 Å². The van der Waals surface area contributed by atoms with Crippen molar-refractivity contribution in [3.8, 4) is 17.6 Å². The SMILES string of the molecule is CC(=O)Nc1cccc(OCC#CCNS(=O)(=O)c2ccc(F)c(Cl)c2)c1. The monoisotopic (exact) mass is 410 g/mol. The van der Waals surface area contributed by atoms with Crippen LogP contribution < -0.4 is 14.8 Å². The van der Waals surface area contributed by atoms with Gasteiger partial charge in [0, 0.05) is 18.7 Å². The van der Waals surface area contributed by atoms with Gasteiger partial charge in [0.2, 0.25) is 15.9 Å². The summed E-state index contributed by atoms with van der Waals surface area (Å²) in [7, 11) is -3.84. The van der Waals surface area contributed by atoms with Gasteiger partial charge in [0.25, 0.3) is 0 Å². The maximum absolute atomic E-state index is 13.1. The normalized spacial score (nSPS) is 10.6. The van der Waals surface area contributed by atoms with E-state index in [9.17, 15) is 17.6 Å². The van der Waals surface area contributed by atoms with Crippen molar-refractivity contribution in [1.82, 2.24) is 4.72 Å². The fraction of sp³-hybridized carbons (Fsp3) is 0.167. The van der Waals surface area contributed by atoms with E-state index in [-0.39, 0.29) is 29.0 Å². The molecular weight excluding hydrogens is 395 g/mol. The van der Waals surface area contributed by atoms with Crippen molar-refractivity contribution in [2.45, 2.75) is 11.8 Å². The Balaban J connectivity index is 1.85.